The summed E-state index contributed by atoms with van der Waals surface area (Å²) in [5, 5.41) is 2.81. The average molecular weight is 369 g/mol. The topological polar surface area (TPSA) is 71.5 Å². The number of amides is 2. The van der Waals surface area contributed by atoms with E-state index in [9.17, 15) is 22.8 Å². The lowest BCUT2D eigenvalue weighted by atomic mass is 9.91. The molecule has 1 aromatic rings. The van der Waals surface area contributed by atoms with Crippen LogP contribution >= 0.6 is 0 Å². The van der Waals surface area contributed by atoms with Crippen molar-refractivity contribution in [2.75, 3.05) is 19.7 Å². The summed E-state index contributed by atoms with van der Waals surface area (Å²) >= 11 is 0. The predicted molar refractivity (Wildman–Crippen MR) is 85.0 cm³/mol. The van der Waals surface area contributed by atoms with Crippen LogP contribution in [-0.2, 0) is 15.7 Å². The molecule has 0 unspecified atom stereocenters. The van der Waals surface area contributed by atoms with E-state index in [-0.39, 0.29) is 30.4 Å². The van der Waals surface area contributed by atoms with Crippen molar-refractivity contribution < 1.29 is 27.5 Å². The van der Waals surface area contributed by atoms with Gasteiger partial charge >= 0.3 is 6.18 Å². The quantitative estimate of drug-likeness (QED) is 0.886. The monoisotopic (exact) mass is 369 g/mol. The first-order valence-corrected chi connectivity index (χ1v) is 8.16. The first-order chi connectivity index (χ1) is 12.2. The first kappa shape index (κ1) is 18.2. The second kappa shape index (κ2) is 6.62. The van der Waals surface area contributed by atoms with E-state index in [0.29, 0.717) is 6.61 Å². The molecule has 9 heteroatoms. The predicted octanol–water partition coefficient (Wildman–Crippen LogP) is 2.13. The summed E-state index contributed by atoms with van der Waals surface area (Å²) in [6.45, 7) is 2.62. The Morgan fingerprint density at radius 2 is 2.08 bits per heavy atom. The van der Waals surface area contributed by atoms with Crippen LogP contribution in [0.3, 0.4) is 0 Å². The average Bonchev–Trinajstić information content (AvgIpc) is 2.59. The van der Waals surface area contributed by atoms with Crippen molar-refractivity contribution in [1.82, 2.24) is 15.2 Å². The van der Waals surface area contributed by atoms with Crippen LogP contribution in [-0.4, -0.2) is 46.9 Å². The molecule has 1 fully saturated rings. The van der Waals surface area contributed by atoms with Crippen LogP contribution in [0, 0.1) is 0 Å². The Hall–Kier alpha value is -2.58. The van der Waals surface area contributed by atoms with Crippen molar-refractivity contribution in [3.05, 3.63) is 41.4 Å². The molecule has 0 aliphatic carbocycles. The highest BCUT2D eigenvalue weighted by Crippen LogP contribution is 2.30. The second-order valence-electron chi connectivity index (χ2n) is 6.66. The fourth-order valence-electron chi connectivity index (χ4n) is 2.96. The van der Waals surface area contributed by atoms with Crippen molar-refractivity contribution in [2.45, 2.75) is 31.5 Å². The maximum absolute atomic E-state index is 12.8. The van der Waals surface area contributed by atoms with E-state index in [1.165, 1.54) is 4.90 Å². The first-order valence-electron chi connectivity index (χ1n) is 8.16. The van der Waals surface area contributed by atoms with Gasteiger partial charge in [-0.1, -0.05) is 0 Å². The van der Waals surface area contributed by atoms with Crippen molar-refractivity contribution in [2.24, 2.45) is 0 Å². The van der Waals surface area contributed by atoms with Crippen LogP contribution in [0.25, 0.3) is 0 Å². The van der Waals surface area contributed by atoms with Crippen LogP contribution in [0.1, 0.15) is 35.8 Å². The van der Waals surface area contributed by atoms with Crippen molar-refractivity contribution in [1.29, 1.82) is 0 Å². The molecule has 0 bridgehead atoms. The van der Waals surface area contributed by atoms with E-state index in [1.807, 2.05) is 0 Å². The molecule has 0 aromatic carbocycles. The molecule has 2 amide bonds. The number of ether oxygens (including phenoxy) is 1. The summed E-state index contributed by atoms with van der Waals surface area (Å²) in [5.74, 6) is -0.686. The molecule has 26 heavy (non-hydrogen) atoms. The van der Waals surface area contributed by atoms with Gasteiger partial charge in [0, 0.05) is 19.3 Å². The van der Waals surface area contributed by atoms with Gasteiger partial charge in [0.2, 0.25) is 0 Å². The SMILES string of the molecule is CC1(NC(=O)C2=CCCCO2)CN(C(=O)c2cc(C(F)(F)F)ccn2)C1. The Kier molecular flexibility index (Phi) is 4.64. The van der Waals surface area contributed by atoms with Crippen molar-refractivity contribution in [3.63, 3.8) is 0 Å². The molecule has 1 aromatic heterocycles. The van der Waals surface area contributed by atoms with Gasteiger partial charge in [0.1, 0.15) is 5.69 Å². The molecule has 6 nitrogen and oxygen atoms in total. The smallest absolute Gasteiger partial charge is 0.416 e. The number of carbonyl (C=O) groups is 2. The molecule has 1 saturated heterocycles. The van der Waals surface area contributed by atoms with E-state index in [4.69, 9.17) is 4.74 Å². The zero-order valence-electron chi connectivity index (χ0n) is 14.1. The number of halogens is 3. The van der Waals surface area contributed by atoms with Crippen LogP contribution < -0.4 is 5.32 Å². The standard InChI is InChI=1S/C17H18F3N3O3/c1-16(22-14(24)13-4-2-3-7-26-13)9-23(10-16)15(25)12-8-11(5-6-21-12)17(18,19)20/h4-6,8H,2-3,7,9-10H2,1H3,(H,22,24). The highest BCUT2D eigenvalue weighted by atomic mass is 19.4. The zero-order valence-corrected chi connectivity index (χ0v) is 14.1. The number of nitrogens with one attached hydrogen (secondary N) is 1. The van der Waals surface area contributed by atoms with E-state index < -0.39 is 23.2 Å². The number of pyridine rings is 1. The second-order valence-corrected chi connectivity index (χ2v) is 6.66. The minimum absolute atomic E-state index is 0.183. The Morgan fingerprint density at radius 1 is 1.35 bits per heavy atom. The van der Waals surface area contributed by atoms with Crippen molar-refractivity contribution >= 4 is 11.8 Å². The highest BCUT2D eigenvalue weighted by molar-refractivity contribution is 5.95. The maximum atomic E-state index is 12.8. The third kappa shape index (κ3) is 3.81. The maximum Gasteiger partial charge on any atom is 0.416 e. The summed E-state index contributed by atoms with van der Waals surface area (Å²) in [4.78, 5) is 29.6. The van der Waals surface area contributed by atoms with E-state index in [2.05, 4.69) is 10.3 Å². The van der Waals surface area contributed by atoms with Gasteiger partial charge < -0.3 is 15.0 Å². The fourth-order valence-corrected chi connectivity index (χ4v) is 2.96. The van der Waals surface area contributed by atoms with Gasteiger partial charge in [0.05, 0.1) is 17.7 Å². The number of aromatic nitrogens is 1. The van der Waals surface area contributed by atoms with Gasteiger partial charge in [0.15, 0.2) is 5.76 Å². The Morgan fingerprint density at radius 3 is 2.69 bits per heavy atom. The molecule has 2 aliphatic heterocycles. The van der Waals surface area contributed by atoms with Gasteiger partial charge in [-0.15, -0.1) is 0 Å². The highest BCUT2D eigenvalue weighted by Gasteiger charge is 2.44. The molecule has 3 rings (SSSR count). The third-order valence-electron chi connectivity index (χ3n) is 4.25. The molecule has 140 valence electrons. The van der Waals surface area contributed by atoms with Crippen molar-refractivity contribution in [3.8, 4) is 0 Å². The van der Waals surface area contributed by atoms with Gasteiger partial charge in [-0.2, -0.15) is 13.2 Å². The number of hydrogen-bond acceptors (Lipinski definition) is 4. The molecule has 0 spiro atoms. The lowest BCUT2D eigenvalue weighted by Gasteiger charge is -2.48. The number of carbonyl (C=O) groups excluding carboxylic acids is 2. The molecule has 0 radical (unpaired) electrons. The third-order valence-corrected chi connectivity index (χ3v) is 4.25. The summed E-state index contributed by atoms with van der Waals surface area (Å²) in [6, 6.07) is 1.55. The van der Waals surface area contributed by atoms with Crippen LogP contribution in [0.4, 0.5) is 13.2 Å². The number of hydrogen-bond donors (Lipinski definition) is 1. The van der Waals surface area contributed by atoms with Crippen LogP contribution in [0.15, 0.2) is 30.2 Å². The number of alkyl halides is 3. The lowest BCUT2D eigenvalue weighted by Crippen LogP contribution is -2.69. The van der Waals surface area contributed by atoms with Gasteiger partial charge in [-0.05, 0) is 38.0 Å². The van der Waals surface area contributed by atoms with E-state index in [0.717, 1.165) is 31.2 Å². The zero-order chi connectivity index (χ0) is 18.9. The summed E-state index contributed by atoms with van der Waals surface area (Å²) in [5.41, 5.74) is -1.85. The molecule has 2 aliphatic rings. The van der Waals surface area contributed by atoms with Gasteiger partial charge in [0.25, 0.3) is 11.8 Å². The van der Waals surface area contributed by atoms with Crippen LogP contribution in [0.5, 0.6) is 0 Å². The van der Waals surface area contributed by atoms with E-state index in [1.54, 1.807) is 13.0 Å². The normalized spacial score (nSPS) is 19.1. The molecule has 1 N–H and O–H groups in total. The number of allylic oxidation sites excluding steroid dienone is 1. The van der Waals surface area contributed by atoms with Crippen LogP contribution in [0.2, 0.25) is 0 Å². The summed E-state index contributed by atoms with van der Waals surface area (Å²) < 4.78 is 43.6. The van der Waals surface area contributed by atoms with Gasteiger partial charge in [-0.25, -0.2) is 0 Å². The number of nitrogens with zero attached hydrogens (tertiary/aromatic N) is 2. The lowest BCUT2D eigenvalue weighted by molar-refractivity contribution is -0.137. The largest absolute Gasteiger partial charge is 0.488 e. The molecular formula is C17H18F3N3O3. The molecule has 0 atom stereocenters. The fraction of sp³-hybridized carbons (Fsp3) is 0.471. The molecule has 3 heterocycles. The minimum atomic E-state index is -4.54. The van der Waals surface area contributed by atoms with E-state index >= 15 is 0 Å². The minimum Gasteiger partial charge on any atom is -0.488 e. The molecule has 0 saturated carbocycles. The Bertz CT molecular complexity index is 755. The number of rotatable bonds is 3. The number of likely N-dealkylation sites (tertiary alicyclic amines) is 1. The Labute approximate surface area is 148 Å². The van der Waals surface area contributed by atoms with Gasteiger partial charge in [-0.3, -0.25) is 14.6 Å². The summed E-state index contributed by atoms with van der Waals surface area (Å²) in [6.07, 6.45) is -0.227. The Balaban J connectivity index is 1.61. The summed E-state index contributed by atoms with van der Waals surface area (Å²) in [7, 11) is 0. The molecular weight excluding hydrogens is 351 g/mol.